The van der Waals surface area contributed by atoms with Gasteiger partial charge in [0.1, 0.15) is 0 Å². The molecule has 0 bridgehead atoms. The van der Waals surface area contributed by atoms with Crippen molar-refractivity contribution in [2.24, 2.45) is 0 Å². The number of benzene rings is 1. The van der Waals surface area contributed by atoms with Crippen LogP contribution >= 0.6 is 11.8 Å². The Morgan fingerprint density at radius 2 is 1.67 bits per heavy atom. The number of amides is 2. The molecule has 0 radical (unpaired) electrons. The van der Waals surface area contributed by atoms with Crippen LogP contribution in [-0.2, 0) is 4.79 Å². The van der Waals surface area contributed by atoms with Crippen LogP contribution in [-0.4, -0.2) is 27.2 Å². The van der Waals surface area contributed by atoms with Crippen molar-refractivity contribution in [3.63, 3.8) is 0 Å². The fourth-order valence-electron chi connectivity index (χ4n) is 3.73. The molecule has 1 saturated heterocycles. The summed E-state index contributed by atoms with van der Waals surface area (Å²) in [6.07, 6.45) is 3.39. The van der Waals surface area contributed by atoms with Crippen molar-refractivity contribution in [1.82, 2.24) is 9.47 Å². The monoisotopic (exact) mass is 380 g/mol. The Balaban J connectivity index is 2.07. The quantitative estimate of drug-likeness (QED) is 0.538. The van der Waals surface area contributed by atoms with E-state index >= 15 is 0 Å². The Bertz CT molecular complexity index is 975. The van der Waals surface area contributed by atoms with Gasteiger partial charge in [-0.2, -0.15) is 0 Å². The maximum atomic E-state index is 12.5. The van der Waals surface area contributed by atoms with Gasteiger partial charge in [-0.05, 0) is 75.2 Å². The van der Waals surface area contributed by atoms with E-state index in [0.29, 0.717) is 4.91 Å². The van der Waals surface area contributed by atoms with Crippen LogP contribution in [0.2, 0.25) is 0 Å². The lowest BCUT2D eigenvalue weighted by Gasteiger charge is -2.17. The maximum Gasteiger partial charge on any atom is 0.293 e. The van der Waals surface area contributed by atoms with Crippen LogP contribution in [0.1, 0.15) is 33.6 Å². The number of thioether (sulfide) groups is 1. The van der Waals surface area contributed by atoms with E-state index in [9.17, 15) is 9.59 Å². The van der Waals surface area contributed by atoms with Crippen molar-refractivity contribution in [3.05, 3.63) is 69.4 Å². The molecule has 0 saturated carbocycles. The van der Waals surface area contributed by atoms with E-state index in [1.807, 2.05) is 13.0 Å². The zero-order chi connectivity index (χ0) is 19.9. The van der Waals surface area contributed by atoms with Crippen LogP contribution in [0.25, 0.3) is 11.8 Å². The van der Waals surface area contributed by atoms with E-state index in [2.05, 4.69) is 57.0 Å². The van der Waals surface area contributed by atoms with Crippen molar-refractivity contribution in [1.29, 1.82) is 0 Å². The molecule has 5 heteroatoms. The number of aromatic nitrogens is 1. The summed E-state index contributed by atoms with van der Waals surface area (Å²) in [5.74, 6) is -0.252. The van der Waals surface area contributed by atoms with Gasteiger partial charge in [-0.3, -0.25) is 14.5 Å². The summed E-state index contributed by atoms with van der Waals surface area (Å²) >= 11 is 0.986. The maximum absolute atomic E-state index is 12.5. The van der Waals surface area contributed by atoms with Gasteiger partial charge in [0.05, 0.1) is 10.6 Å². The van der Waals surface area contributed by atoms with Crippen LogP contribution in [0.3, 0.4) is 0 Å². The van der Waals surface area contributed by atoms with E-state index in [4.69, 9.17) is 0 Å². The van der Waals surface area contributed by atoms with Gasteiger partial charge in [0.2, 0.25) is 0 Å². The molecule has 1 aliphatic rings. The van der Waals surface area contributed by atoms with E-state index < -0.39 is 0 Å². The lowest BCUT2D eigenvalue weighted by Crippen LogP contribution is -2.27. The summed E-state index contributed by atoms with van der Waals surface area (Å²) in [5, 5.41) is -0.245. The first-order valence-electron chi connectivity index (χ1n) is 8.88. The summed E-state index contributed by atoms with van der Waals surface area (Å²) < 4.78 is 2.23. The van der Waals surface area contributed by atoms with Crippen LogP contribution in [0, 0.1) is 34.6 Å². The highest BCUT2D eigenvalue weighted by Gasteiger charge is 2.34. The third-order valence-corrected chi connectivity index (χ3v) is 5.71. The number of rotatable bonds is 4. The average molecular weight is 381 g/mol. The van der Waals surface area contributed by atoms with Crippen molar-refractivity contribution in [2.75, 3.05) is 6.54 Å². The molecule has 0 spiro atoms. The highest BCUT2D eigenvalue weighted by molar-refractivity contribution is 8.18. The average Bonchev–Trinajstić information content (AvgIpc) is 2.99. The molecule has 2 amide bonds. The summed E-state index contributed by atoms with van der Waals surface area (Å²) in [6, 6.07) is 6.43. The molecular weight excluding hydrogens is 356 g/mol. The fraction of sp³-hybridized carbons (Fsp3) is 0.273. The van der Waals surface area contributed by atoms with Crippen molar-refractivity contribution in [2.45, 2.75) is 34.6 Å². The molecule has 1 aliphatic heterocycles. The van der Waals surface area contributed by atoms with Gasteiger partial charge in [-0.25, -0.2) is 0 Å². The summed E-state index contributed by atoms with van der Waals surface area (Å²) in [6.45, 7) is 14.3. The molecule has 1 aromatic heterocycles. The Hall–Kier alpha value is -2.53. The van der Waals surface area contributed by atoms with Crippen molar-refractivity contribution < 1.29 is 9.59 Å². The lowest BCUT2D eigenvalue weighted by atomic mass is 10.0. The molecule has 3 rings (SSSR count). The minimum atomic E-state index is -0.252. The normalized spacial score (nSPS) is 15.9. The van der Waals surface area contributed by atoms with Gasteiger partial charge in [0.15, 0.2) is 0 Å². The standard InChI is InChI=1S/C22H24N2O2S/c1-7-8-23-21(25)19(27-22(23)26)12-18-11-16(5)24(17(18)6)20-14(3)9-13(2)10-15(20)4/h7,9-12H,1,8H2,2-6H3/b19-12+. The Morgan fingerprint density at radius 1 is 1.04 bits per heavy atom. The molecule has 2 heterocycles. The molecule has 140 valence electrons. The molecule has 27 heavy (non-hydrogen) atoms. The first kappa shape index (κ1) is 19.2. The molecule has 0 N–H and O–H groups in total. The van der Waals surface area contributed by atoms with E-state index in [-0.39, 0.29) is 17.7 Å². The molecule has 0 atom stereocenters. The molecule has 0 unspecified atom stereocenters. The van der Waals surface area contributed by atoms with E-state index in [1.54, 1.807) is 6.08 Å². The number of carbonyl (C=O) groups is 2. The third kappa shape index (κ3) is 3.39. The minimum Gasteiger partial charge on any atom is -0.317 e. The summed E-state index contributed by atoms with van der Waals surface area (Å²) in [5.41, 5.74) is 7.95. The zero-order valence-electron chi connectivity index (χ0n) is 16.4. The summed E-state index contributed by atoms with van der Waals surface area (Å²) in [7, 11) is 0. The van der Waals surface area contributed by atoms with Crippen molar-refractivity contribution >= 4 is 29.0 Å². The SMILES string of the molecule is C=CCN1C(=O)S/C(=C/c2cc(C)n(-c3c(C)cc(C)cc3C)c2C)C1=O. The largest absolute Gasteiger partial charge is 0.317 e. The second-order valence-electron chi connectivity index (χ2n) is 6.99. The first-order valence-corrected chi connectivity index (χ1v) is 9.69. The van der Waals surface area contributed by atoms with Crippen molar-refractivity contribution in [3.8, 4) is 5.69 Å². The second kappa shape index (κ2) is 7.24. The third-order valence-electron chi connectivity index (χ3n) is 4.80. The Labute approximate surface area is 164 Å². The highest BCUT2D eigenvalue weighted by atomic mass is 32.2. The topological polar surface area (TPSA) is 42.3 Å². The lowest BCUT2D eigenvalue weighted by molar-refractivity contribution is -0.122. The molecule has 4 nitrogen and oxygen atoms in total. The smallest absolute Gasteiger partial charge is 0.293 e. The summed E-state index contributed by atoms with van der Waals surface area (Å²) in [4.78, 5) is 26.2. The number of aryl methyl sites for hydroxylation is 4. The van der Waals surface area contributed by atoms with Crippen LogP contribution in [0.5, 0.6) is 0 Å². The van der Waals surface area contributed by atoms with Crippen LogP contribution in [0.4, 0.5) is 4.79 Å². The second-order valence-corrected chi connectivity index (χ2v) is 7.98. The van der Waals surface area contributed by atoms with Gasteiger partial charge in [0, 0.05) is 17.9 Å². The zero-order valence-corrected chi connectivity index (χ0v) is 17.2. The number of hydrogen-bond acceptors (Lipinski definition) is 3. The minimum absolute atomic E-state index is 0.239. The van der Waals surface area contributed by atoms with Crippen LogP contribution in [0.15, 0.2) is 35.8 Å². The molecule has 0 aliphatic carbocycles. The van der Waals surface area contributed by atoms with Crippen LogP contribution < -0.4 is 0 Å². The number of imide groups is 1. The number of hydrogen-bond donors (Lipinski definition) is 0. The molecule has 1 fully saturated rings. The van der Waals surface area contributed by atoms with Gasteiger partial charge in [0.25, 0.3) is 11.1 Å². The number of nitrogens with zero attached hydrogens (tertiary/aromatic N) is 2. The highest BCUT2D eigenvalue weighted by Crippen LogP contribution is 2.34. The van der Waals surface area contributed by atoms with E-state index in [1.165, 1.54) is 27.3 Å². The predicted molar refractivity (Wildman–Crippen MR) is 112 cm³/mol. The van der Waals surface area contributed by atoms with Gasteiger partial charge in [-0.1, -0.05) is 23.8 Å². The Morgan fingerprint density at radius 3 is 2.26 bits per heavy atom. The molecule has 2 aromatic rings. The van der Waals surface area contributed by atoms with Gasteiger partial charge in [-0.15, -0.1) is 6.58 Å². The number of carbonyl (C=O) groups excluding carboxylic acids is 2. The molecule has 1 aromatic carbocycles. The Kier molecular flexibility index (Phi) is 5.16. The first-order chi connectivity index (χ1) is 12.7. The predicted octanol–water partition coefficient (Wildman–Crippen LogP) is 5.24. The van der Waals surface area contributed by atoms with Gasteiger partial charge < -0.3 is 4.57 Å². The molecular formula is C22H24N2O2S. The van der Waals surface area contributed by atoms with Gasteiger partial charge >= 0.3 is 0 Å². The fourth-order valence-corrected chi connectivity index (χ4v) is 4.57. The van der Waals surface area contributed by atoms with E-state index in [0.717, 1.165) is 28.7 Å².